The lowest BCUT2D eigenvalue weighted by Gasteiger charge is -2.48. The zero-order valence-electron chi connectivity index (χ0n) is 63.2. The minimum Gasteiger partial charge on any atom is -0.465 e. The zero-order valence-corrected chi connectivity index (χ0v) is 63.2. The number of fused-ring (bicyclic) bond motifs is 8. The van der Waals surface area contributed by atoms with Crippen molar-refractivity contribution in [3.8, 4) is 0 Å². The molecule has 8 aliphatic carbocycles. The summed E-state index contributed by atoms with van der Waals surface area (Å²) in [5, 5.41) is 0. The Bertz CT molecular complexity index is 3130. The highest BCUT2D eigenvalue weighted by Gasteiger charge is 2.66. The van der Waals surface area contributed by atoms with Crippen molar-refractivity contribution in [2.45, 2.75) is 387 Å². The van der Waals surface area contributed by atoms with Crippen molar-refractivity contribution in [3.05, 3.63) is 0 Å². The lowest BCUT2D eigenvalue weighted by molar-refractivity contribution is -0.221. The first-order valence-corrected chi connectivity index (χ1v) is 37.4. The maximum Gasteiger partial charge on any atom is 0.350 e. The summed E-state index contributed by atoms with van der Waals surface area (Å²) in [6.07, 6.45) is 10.8. The highest BCUT2D eigenvalue weighted by atomic mass is 16.6. The molecular weight excluding hydrogens is 1430 g/mol. The van der Waals surface area contributed by atoms with Crippen LogP contribution in [-0.4, -0.2) is 144 Å². The van der Waals surface area contributed by atoms with Crippen LogP contribution in [0.5, 0.6) is 0 Å². The molecular formula is C87H154O24. The lowest BCUT2D eigenvalue weighted by atomic mass is 9.74. The molecule has 0 aromatic rings. The van der Waals surface area contributed by atoms with E-state index in [2.05, 4.69) is 0 Å². The second-order valence-corrected chi connectivity index (χ2v) is 35.1. The quantitative estimate of drug-likeness (QED) is 0.0807. The van der Waals surface area contributed by atoms with Crippen molar-refractivity contribution < 1.29 is 114 Å². The van der Waals surface area contributed by atoms with Gasteiger partial charge in [0.2, 0.25) is 5.60 Å². The topological polar surface area (TPSA) is 316 Å². The van der Waals surface area contributed by atoms with Gasteiger partial charge in [-0.15, -0.1) is 0 Å². The first-order chi connectivity index (χ1) is 46.9. The monoisotopic (exact) mass is 1580 g/mol. The van der Waals surface area contributed by atoms with Crippen LogP contribution < -0.4 is 0 Å². The highest BCUT2D eigenvalue weighted by molar-refractivity contribution is 5.86. The lowest BCUT2D eigenvalue weighted by Crippen LogP contribution is -2.57. The number of ether oxygens (including phenoxy) is 12. The van der Waals surface area contributed by atoms with Crippen LogP contribution in [0.1, 0.15) is 321 Å². The zero-order chi connectivity index (χ0) is 74.8. The SMILES string of the molecule is C.C.C.C.C.C.C.C.C.C.CCC(C)(C)C(=O)OC(C)(C)C(=O)OC1C2CC3C(=O)OC1C3C2.CCC(C)(C)C(=O)OC1C2CC3CC2C(=O)OC31.CCC(C)(C)C(=O)OC1CC2CCC1(C)OC2=O.CCC(C)(C)C(=O)OC1CCC2CC1(C)OC2=O.CCC(C)(C)C(=O)OCCC(=O)OC1C2CC3C(=O)OC1C3C2. The second-order valence-electron chi connectivity index (χ2n) is 35.1. The summed E-state index contributed by atoms with van der Waals surface area (Å²) in [5.74, 6) is -1.64. The van der Waals surface area contributed by atoms with E-state index in [0.717, 1.165) is 83.5 Å². The molecule has 0 aromatic carbocycles. The fraction of sp³-hybridized carbons (Fsp3) is 0.862. The number of esters is 12. The molecule has 0 amide bonds. The Morgan fingerprint density at radius 1 is 0.378 bits per heavy atom. The summed E-state index contributed by atoms with van der Waals surface area (Å²) < 4.78 is 65.6. The van der Waals surface area contributed by atoms with Gasteiger partial charge >= 0.3 is 71.6 Å². The Morgan fingerprint density at radius 2 is 0.757 bits per heavy atom. The van der Waals surface area contributed by atoms with Gasteiger partial charge in [-0.25, -0.2) is 4.79 Å². The van der Waals surface area contributed by atoms with Gasteiger partial charge in [-0.3, -0.25) is 52.7 Å². The number of rotatable bonds is 20. The van der Waals surface area contributed by atoms with Gasteiger partial charge in [-0.1, -0.05) is 109 Å². The van der Waals surface area contributed by atoms with Crippen LogP contribution in [0.4, 0.5) is 0 Å². The number of hydrogen-bond donors (Lipinski definition) is 0. The van der Waals surface area contributed by atoms with E-state index in [-0.39, 0.29) is 243 Å². The molecule has 0 spiro atoms. The van der Waals surface area contributed by atoms with Crippen molar-refractivity contribution in [2.24, 2.45) is 92.2 Å². The van der Waals surface area contributed by atoms with Crippen molar-refractivity contribution in [3.63, 3.8) is 0 Å². The van der Waals surface area contributed by atoms with Gasteiger partial charge < -0.3 is 56.8 Å². The average Bonchev–Trinajstić information content (AvgIpc) is 1.57. The van der Waals surface area contributed by atoms with Crippen molar-refractivity contribution in [2.75, 3.05) is 6.61 Å². The largest absolute Gasteiger partial charge is 0.465 e. The summed E-state index contributed by atoms with van der Waals surface area (Å²) in [4.78, 5) is 143. The molecule has 111 heavy (non-hydrogen) atoms. The minimum absolute atomic E-state index is 0. The smallest absolute Gasteiger partial charge is 0.350 e. The molecule has 15 rings (SSSR count). The maximum absolute atomic E-state index is 12.6. The Morgan fingerprint density at radius 3 is 1.21 bits per heavy atom. The van der Waals surface area contributed by atoms with Crippen LogP contribution in [0.3, 0.4) is 0 Å². The van der Waals surface area contributed by atoms with E-state index in [0.29, 0.717) is 31.6 Å². The van der Waals surface area contributed by atoms with Crippen molar-refractivity contribution >= 4 is 71.6 Å². The molecule has 7 heterocycles. The standard InChI is InChI=1S/C18H26O6.C17H24O6.C14H20O4.2C14H22O4.10CH4/c1-6-17(2,3)15(20)24-18(4,5)16(21)23-12-9-7-10-11(8-9)14(19)22-13(10)12;1-4-17(2,3)16(20)21-6-5-12(18)22-13-9-7-10-11(8-9)15(19)23-14(10)13;1-4-14(2,3)13(16)18-11-8-5-7-6-9(8)12(15)17-10(7)11;1-5-13(2,3)12(16)17-10-8-9-6-7-14(10,4)18-11(9)15;1-5-13(2,3)12(16)17-10-7-6-9-8-14(10,4)18-11(9)15;;;;;;;;;;/h9-13H,6-8H2,1-5H3;9-11,13-14H,4-8H2,1-3H3;7-11H,4-6H2,1-3H3;2*9-10H,5-8H2,1-4H3;10*1H4. The first kappa shape index (κ1) is 107. The molecule has 15 aliphatic rings. The molecule has 21 atom stereocenters. The van der Waals surface area contributed by atoms with Crippen LogP contribution in [0.25, 0.3) is 0 Å². The van der Waals surface area contributed by atoms with Gasteiger partial charge in [0.1, 0.15) is 66.6 Å². The van der Waals surface area contributed by atoms with Gasteiger partial charge in [0, 0.05) is 48.3 Å². The van der Waals surface area contributed by atoms with Gasteiger partial charge in [0.05, 0.1) is 63.1 Å². The molecule has 21 unspecified atom stereocenters. The van der Waals surface area contributed by atoms with Crippen LogP contribution in [0, 0.1) is 92.2 Å². The van der Waals surface area contributed by atoms with E-state index in [4.69, 9.17) is 56.8 Å². The van der Waals surface area contributed by atoms with Crippen LogP contribution in [0.2, 0.25) is 0 Å². The molecule has 24 heteroatoms. The highest BCUT2D eigenvalue weighted by Crippen LogP contribution is 2.58. The number of hydrogen-bond acceptors (Lipinski definition) is 24. The maximum atomic E-state index is 12.6. The van der Waals surface area contributed by atoms with Crippen LogP contribution in [-0.2, 0) is 114 Å². The normalized spacial score (nSPS) is 32.6. The summed E-state index contributed by atoms with van der Waals surface area (Å²) in [5.41, 5.74) is -5.20. The predicted octanol–water partition coefficient (Wildman–Crippen LogP) is 17.3. The third-order valence-electron chi connectivity index (χ3n) is 25.7. The van der Waals surface area contributed by atoms with E-state index in [1.54, 1.807) is 13.8 Å². The molecule has 646 valence electrons. The van der Waals surface area contributed by atoms with E-state index < -0.39 is 67.9 Å². The summed E-state index contributed by atoms with van der Waals surface area (Å²) in [7, 11) is 0. The molecule has 0 aromatic heterocycles. The third kappa shape index (κ3) is 21.8. The minimum atomic E-state index is -1.37. The van der Waals surface area contributed by atoms with E-state index in [9.17, 15) is 57.5 Å². The Balaban J connectivity index is 0. The molecule has 15 fully saturated rings. The Hall–Kier alpha value is -6.36. The van der Waals surface area contributed by atoms with Gasteiger partial charge in [-0.2, -0.15) is 0 Å². The fourth-order valence-corrected chi connectivity index (χ4v) is 16.3. The summed E-state index contributed by atoms with van der Waals surface area (Å²) in [6, 6.07) is 0. The predicted molar refractivity (Wildman–Crippen MR) is 425 cm³/mol. The molecule has 12 bridgehead atoms. The summed E-state index contributed by atoms with van der Waals surface area (Å²) in [6.45, 7) is 35.1. The van der Waals surface area contributed by atoms with Gasteiger partial charge in [-0.05, 0) is 193 Å². The number of carbonyl (C=O) groups is 12. The van der Waals surface area contributed by atoms with Crippen molar-refractivity contribution in [1.29, 1.82) is 0 Å². The Labute approximate surface area is 668 Å². The first-order valence-electron chi connectivity index (χ1n) is 37.4. The fourth-order valence-electron chi connectivity index (χ4n) is 16.3. The third-order valence-corrected chi connectivity index (χ3v) is 25.7. The van der Waals surface area contributed by atoms with E-state index in [1.165, 1.54) is 13.8 Å². The Kier molecular flexibility index (Phi) is 38.2. The number of carbonyl (C=O) groups excluding carboxylic acids is 12. The van der Waals surface area contributed by atoms with E-state index in [1.807, 2.05) is 104 Å². The van der Waals surface area contributed by atoms with Crippen LogP contribution in [0.15, 0.2) is 0 Å². The van der Waals surface area contributed by atoms with Crippen LogP contribution >= 0.6 is 0 Å². The molecule has 0 radical (unpaired) electrons. The average molecular weight is 1580 g/mol. The molecule has 8 saturated carbocycles. The second kappa shape index (κ2) is 39.8. The van der Waals surface area contributed by atoms with Gasteiger partial charge in [0.15, 0.2) is 0 Å². The molecule has 7 aliphatic heterocycles. The molecule has 0 N–H and O–H groups in total. The molecule has 24 nitrogen and oxygen atoms in total. The van der Waals surface area contributed by atoms with Gasteiger partial charge in [0.25, 0.3) is 0 Å². The molecule has 7 saturated heterocycles. The van der Waals surface area contributed by atoms with E-state index >= 15 is 0 Å². The van der Waals surface area contributed by atoms with Crippen molar-refractivity contribution in [1.82, 2.24) is 0 Å². The summed E-state index contributed by atoms with van der Waals surface area (Å²) >= 11 is 0.